The lowest BCUT2D eigenvalue weighted by Gasteiger charge is -2.24. The van der Waals surface area contributed by atoms with E-state index in [0.717, 1.165) is 24.3 Å². The number of aromatic hydroxyl groups is 1. The topological polar surface area (TPSA) is 46.0 Å². The van der Waals surface area contributed by atoms with Gasteiger partial charge < -0.3 is 5.11 Å². The Bertz CT molecular complexity index is 713. The zero-order chi connectivity index (χ0) is 18.9. The van der Waals surface area contributed by atoms with Gasteiger partial charge in [-0.1, -0.05) is 76.8 Å². The molecule has 1 aliphatic carbocycles. The molecule has 1 aromatic heterocycles. The van der Waals surface area contributed by atoms with E-state index in [0.29, 0.717) is 5.82 Å². The quantitative estimate of drug-likeness (QED) is 0.489. The molecule has 2 aromatic rings. The second-order valence-corrected chi connectivity index (χ2v) is 8.06. The average molecular weight is 367 g/mol. The molecule has 1 aromatic carbocycles. The van der Waals surface area contributed by atoms with Crippen LogP contribution in [0.5, 0.6) is 5.75 Å². The van der Waals surface area contributed by atoms with Crippen molar-refractivity contribution in [3.63, 3.8) is 0 Å². The fraction of sp³-hybridized carbons (Fsp3) is 0.583. The minimum absolute atomic E-state index is 0.251. The third-order valence-corrected chi connectivity index (χ3v) is 5.86. The van der Waals surface area contributed by atoms with Crippen molar-refractivity contribution in [2.75, 3.05) is 0 Å². The highest BCUT2D eigenvalue weighted by Crippen LogP contribution is 2.31. The Kier molecular flexibility index (Phi) is 7.67. The van der Waals surface area contributed by atoms with E-state index in [4.69, 9.17) is 4.98 Å². The molecule has 3 heteroatoms. The van der Waals surface area contributed by atoms with E-state index >= 15 is 0 Å². The van der Waals surface area contributed by atoms with Crippen LogP contribution in [0.2, 0.25) is 0 Å². The second-order valence-electron chi connectivity index (χ2n) is 8.06. The number of unbranched alkanes of at least 4 members (excludes halogenated alkanes) is 7. The summed E-state index contributed by atoms with van der Waals surface area (Å²) >= 11 is 0. The molecule has 0 bridgehead atoms. The number of rotatable bonds is 10. The molecule has 0 fully saturated rings. The Morgan fingerprint density at radius 2 is 1.74 bits per heavy atom. The SMILES string of the molecule is CCCCCCCCCCC1CCc2nc(-c3ccccc3O)ncc2C1. The minimum atomic E-state index is 0.251. The van der Waals surface area contributed by atoms with E-state index in [9.17, 15) is 5.11 Å². The van der Waals surface area contributed by atoms with E-state index in [2.05, 4.69) is 11.9 Å². The van der Waals surface area contributed by atoms with Crippen LogP contribution in [0.15, 0.2) is 30.5 Å². The van der Waals surface area contributed by atoms with Crippen LogP contribution < -0.4 is 0 Å². The van der Waals surface area contributed by atoms with Crippen molar-refractivity contribution in [3.05, 3.63) is 41.7 Å². The first-order chi connectivity index (χ1) is 13.3. The van der Waals surface area contributed by atoms with Gasteiger partial charge in [0.2, 0.25) is 0 Å². The minimum Gasteiger partial charge on any atom is -0.507 e. The zero-order valence-corrected chi connectivity index (χ0v) is 16.8. The third kappa shape index (κ3) is 5.79. The number of phenols is 1. The summed E-state index contributed by atoms with van der Waals surface area (Å²) in [6.45, 7) is 2.28. The monoisotopic (exact) mass is 366 g/mol. The number of para-hydroxylation sites is 1. The number of benzene rings is 1. The highest BCUT2D eigenvalue weighted by molar-refractivity contribution is 5.63. The van der Waals surface area contributed by atoms with Crippen molar-refractivity contribution in [1.82, 2.24) is 9.97 Å². The molecule has 1 atom stereocenters. The zero-order valence-electron chi connectivity index (χ0n) is 16.8. The predicted molar refractivity (Wildman–Crippen MR) is 112 cm³/mol. The summed E-state index contributed by atoms with van der Waals surface area (Å²) in [6, 6.07) is 7.31. The van der Waals surface area contributed by atoms with Gasteiger partial charge in [0.05, 0.1) is 5.56 Å². The van der Waals surface area contributed by atoms with Crippen LogP contribution in [0.1, 0.15) is 82.4 Å². The number of hydrogen-bond donors (Lipinski definition) is 1. The predicted octanol–water partition coefficient (Wildman–Crippen LogP) is 6.48. The van der Waals surface area contributed by atoms with Crippen LogP contribution in [-0.2, 0) is 12.8 Å². The van der Waals surface area contributed by atoms with Gasteiger partial charge in [-0.05, 0) is 42.9 Å². The van der Waals surface area contributed by atoms with Gasteiger partial charge in [-0.15, -0.1) is 0 Å². The highest BCUT2D eigenvalue weighted by Gasteiger charge is 2.21. The van der Waals surface area contributed by atoms with Crippen molar-refractivity contribution in [3.8, 4) is 17.1 Å². The Labute approximate surface area is 164 Å². The standard InChI is InChI=1S/C24H34N2O/c1-2-3-4-5-6-7-8-9-12-19-15-16-22-20(17-19)18-25-24(26-22)21-13-10-11-14-23(21)27/h10-11,13-14,18-19,27H,2-9,12,15-17H2,1H3. The summed E-state index contributed by atoms with van der Waals surface area (Å²) in [5.74, 6) is 1.69. The number of nitrogens with zero attached hydrogens (tertiary/aromatic N) is 2. The fourth-order valence-electron chi connectivity index (χ4n) is 4.19. The summed E-state index contributed by atoms with van der Waals surface area (Å²) in [5.41, 5.74) is 3.21. The second kappa shape index (κ2) is 10.4. The molecular formula is C24H34N2O. The van der Waals surface area contributed by atoms with Crippen LogP contribution in [0.3, 0.4) is 0 Å². The normalized spacial score (nSPS) is 16.3. The lowest BCUT2D eigenvalue weighted by Crippen LogP contribution is -2.16. The van der Waals surface area contributed by atoms with Crippen LogP contribution in [0, 0.1) is 5.92 Å². The average Bonchev–Trinajstić information content (AvgIpc) is 2.70. The maximum absolute atomic E-state index is 10.0. The summed E-state index contributed by atoms with van der Waals surface area (Å²) in [6.07, 6.45) is 17.9. The largest absolute Gasteiger partial charge is 0.507 e. The molecule has 1 N–H and O–H groups in total. The van der Waals surface area contributed by atoms with E-state index < -0.39 is 0 Å². The molecule has 1 unspecified atom stereocenters. The maximum atomic E-state index is 10.0. The Hall–Kier alpha value is -1.90. The molecule has 0 saturated carbocycles. The van der Waals surface area contributed by atoms with Crippen LogP contribution in [-0.4, -0.2) is 15.1 Å². The number of hydrogen-bond acceptors (Lipinski definition) is 3. The van der Waals surface area contributed by atoms with Crippen molar-refractivity contribution in [1.29, 1.82) is 0 Å². The molecule has 0 saturated heterocycles. The van der Waals surface area contributed by atoms with Crippen molar-refractivity contribution in [2.45, 2.75) is 84.0 Å². The van der Waals surface area contributed by atoms with Gasteiger partial charge in [0.25, 0.3) is 0 Å². The molecule has 0 aliphatic heterocycles. The van der Waals surface area contributed by atoms with Crippen molar-refractivity contribution in [2.24, 2.45) is 5.92 Å². The molecule has 27 heavy (non-hydrogen) atoms. The first kappa shape index (κ1) is 19.9. The highest BCUT2D eigenvalue weighted by atomic mass is 16.3. The van der Waals surface area contributed by atoms with Gasteiger partial charge in [-0.3, -0.25) is 0 Å². The Morgan fingerprint density at radius 3 is 2.52 bits per heavy atom. The first-order valence-electron chi connectivity index (χ1n) is 10.9. The Morgan fingerprint density at radius 1 is 1.00 bits per heavy atom. The van der Waals surface area contributed by atoms with Gasteiger partial charge in [-0.2, -0.15) is 0 Å². The van der Waals surface area contributed by atoms with E-state index in [1.165, 1.54) is 75.5 Å². The number of aryl methyl sites for hydroxylation is 1. The van der Waals surface area contributed by atoms with E-state index in [1.807, 2.05) is 24.4 Å². The molecule has 3 nitrogen and oxygen atoms in total. The summed E-state index contributed by atoms with van der Waals surface area (Å²) in [7, 11) is 0. The smallest absolute Gasteiger partial charge is 0.163 e. The van der Waals surface area contributed by atoms with Gasteiger partial charge >= 0.3 is 0 Å². The van der Waals surface area contributed by atoms with Gasteiger partial charge in [0.1, 0.15) is 5.75 Å². The molecule has 146 valence electrons. The van der Waals surface area contributed by atoms with Gasteiger partial charge in [0, 0.05) is 11.9 Å². The number of phenolic OH excluding ortho intramolecular Hbond substituents is 1. The molecular weight excluding hydrogens is 332 g/mol. The molecule has 0 spiro atoms. The van der Waals surface area contributed by atoms with Crippen LogP contribution in [0.25, 0.3) is 11.4 Å². The fourth-order valence-corrected chi connectivity index (χ4v) is 4.19. The van der Waals surface area contributed by atoms with E-state index in [1.54, 1.807) is 6.07 Å². The van der Waals surface area contributed by atoms with E-state index in [-0.39, 0.29) is 5.75 Å². The summed E-state index contributed by atoms with van der Waals surface area (Å²) in [5, 5.41) is 10.0. The van der Waals surface area contributed by atoms with Crippen LogP contribution in [0.4, 0.5) is 0 Å². The van der Waals surface area contributed by atoms with Crippen LogP contribution >= 0.6 is 0 Å². The summed E-state index contributed by atoms with van der Waals surface area (Å²) in [4.78, 5) is 9.28. The molecule has 1 heterocycles. The van der Waals surface area contributed by atoms with Gasteiger partial charge in [0.15, 0.2) is 5.82 Å². The van der Waals surface area contributed by atoms with Crippen molar-refractivity contribution < 1.29 is 5.11 Å². The maximum Gasteiger partial charge on any atom is 0.163 e. The Balaban J connectivity index is 1.44. The lowest BCUT2D eigenvalue weighted by molar-refractivity contribution is 0.399. The molecule has 3 rings (SSSR count). The summed E-state index contributed by atoms with van der Waals surface area (Å²) < 4.78 is 0. The third-order valence-electron chi connectivity index (χ3n) is 5.86. The molecule has 1 aliphatic rings. The first-order valence-corrected chi connectivity index (χ1v) is 10.9. The number of aromatic nitrogens is 2. The lowest BCUT2D eigenvalue weighted by atomic mass is 9.84. The van der Waals surface area contributed by atoms with Crippen molar-refractivity contribution >= 4 is 0 Å². The number of fused-ring (bicyclic) bond motifs is 1. The molecule has 0 radical (unpaired) electrons. The molecule has 0 amide bonds. The van der Waals surface area contributed by atoms with Gasteiger partial charge in [-0.25, -0.2) is 9.97 Å².